The number of hydrogen-bond acceptors (Lipinski definition) is 5. The van der Waals surface area contributed by atoms with Gasteiger partial charge in [-0.2, -0.15) is 0 Å². The van der Waals surface area contributed by atoms with Crippen molar-refractivity contribution < 1.29 is 4.74 Å². The van der Waals surface area contributed by atoms with E-state index in [4.69, 9.17) is 20.4 Å². The monoisotopic (exact) mass is 398 g/mol. The molecule has 0 aliphatic carbocycles. The lowest BCUT2D eigenvalue weighted by molar-refractivity contribution is 0.414. The van der Waals surface area contributed by atoms with Gasteiger partial charge in [0, 0.05) is 35.8 Å². The van der Waals surface area contributed by atoms with Gasteiger partial charge >= 0.3 is 0 Å². The molecule has 0 saturated heterocycles. The molecule has 0 aliphatic rings. The minimum Gasteiger partial charge on any atom is -0.497 e. The number of fused-ring (bicyclic) bond motifs is 1. The molecular weight excluding hydrogens is 372 g/mol. The van der Waals surface area contributed by atoms with E-state index in [-0.39, 0.29) is 0 Å². The molecule has 0 amide bonds. The van der Waals surface area contributed by atoms with Crippen LogP contribution in [0.2, 0.25) is 0 Å². The zero-order chi connectivity index (χ0) is 20.8. The molecule has 30 heavy (non-hydrogen) atoms. The van der Waals surface area contributed by atoms with Crippen LogP contribution in [0.25, 0.3) is 22.0 Å². The van der Waals surface area contributed by atoms with Crippen molar-refractivity contribution in [2.24, 2.45) is 5.73 Å². The molecule has 0 unspecified atom stereocenters. The van der Waals surface area contributed by atoms with Crippen LogP contribution < -0.4 is 15.8 Å². The Kier molecular flexibility index (Phi) is 6.20. The van der Waals surface area contributed by atoms with E-state index in [0.717, 1.165) is 58.7 Å². The fourth-order valence-corrected chi connectivity index (χ4v) is 3.45. The van der Waals surface area contributed by atoms with Crippen molar-refractivity contribution in [2.45, 2.75) is 12.8 Å². The molecule has 0 saturated carbocycles. The summed E-state index contributed by atoms with van der Waals surface area (Å²) < 4.78 is 5.25. The molecule has 0 fully saturated rings. The Balaban J connectivity index is 1.71. The second-order valence-corrected chi connectivity index (χ2v) is 7.21. The Bertz CT molecular complexity index is 1110. The van der Waals surface area contributed by atoms with Crippen LogP contribution in [0.3, 0.4) is 0 Å². The maximum atomic E-state index is 5.68. The average Bonchev–Trinajstić information content (AvgIpc) is 2.80. The minimum atomic E-state index is 0.643. The molecular formula is C25H26N4O. The summed E-state index contributed by atoms with van der Waals surface area (Å²) in [5, 5.41) is 4.48. The number of nitrogens with one attached hydrogen (secondary N) is 1. The third-order valence-corrected chi connectivity index (χ3v) is 5.06. The minimum absolute atomic E-state index is 0.643. The maximum Gasteiger partial charge on any atom is 0.135 e. The van der Waals surface area contributed by atoms with Gasteiger partial charge in [-0.15, -0.1) is 0 Å². The molecule has 152 valence electrons. The second kappa shape index (κ2) is 9.37. The Labute approximate surface area is 176 Å². The Morgan fingerprint density at radius 3 is 2.50 bits per heavy atom. The number of nitrogens with two attached hydrogens (primary N) is 1. The number of benzene rings is 2. The maximum absolute atomic E-state index is 5.68. The largest absolute Gasteiger partial charge is 0.497 e. The quantitative estimate of drug-likeness (QED) is 0.423. The van der Waals surface area contributed by atoms with Crippen molar-refractivity contribution in [3.63, 3.8) is 0 Å². The smallest absolute Gasteiger partial charge is 0.135 e. The number of anilines is 1. The van der Waals surface area contributed by atoms with E-state index in [1.807, 2.05) is 36.5 Å². The van der Waals surface area contributed by atoms with E-state index in [1.165, 1.54) is 5.56 Å². The lowest BCUT2D eigenvalue weighted by Gasteiger charge is -2.13. The van der Waals surface area contributed by atoms with E-state index in [1.54, 1.807) is 7.11 Å². The molecule has 5 heteroatoms. The number of aromatic nitrogens is 2. The van der Waals surface area contributed by atoms with E-state index >= 15 is 0 Å². The zero-order valence-corrected chi connectivity index (χ0v) is 17.1. The summed E-state index contributed by atoms with van der Waals surface area (Å²) in [6, 6.07) is 22.6. The first-order valence-corrected chi connectivity index (χ1v) is 10.2. The summed E-state index contributed by atoms with van der Waals surface area (Å²) in [5.41, 5.74) is 11.0. The van der Waals surface area contributed by atoms with Crippen LogP contribution in [-0.2, 0) is 6.42 Å². The van der Waals surface area contributed by atoms with Crippen LogP contribution in [0.4, 0.5) is 5.82 Å². The van der Waals surface area contributed by atoms with Crippen LogP contribution >= 0.6 is 0 Å². The molecule has 0 aliphatic heterocycles. The van der Waals surface area contributed by atoms with Crippen molar-refractivity contribution in [1.29, 1.82) is 0 Å². The third-order valence-electron chi connectivity index (χ3n) is 5.06. The van der Waals surface area contributed by atoms with Crippen molar-refractivity contribution in [3.05, 3.63) is 84.2 Å². The van der Waals surface area contributed by atoms with Gasteiger partial charge in [0.05, 0.1) is 12.6 Å². The molecule has 3 N–H and O–H groups in total. The average molecular weight is 399 g/mol. The highest BCUT2D eigenvalue weighted by atomic mass is 16.5. The lowest BCUT2D eigenvalue weighted by atomic mass is 10.0. The normalized spacial score (nSPS) is 10.9. The predicted octanol–water partition coefficient (Wildman–Crippen LogP) is 4.66. The first kappa shape index (κ1) is 19.9. The molecule has 0 bridgehead atoms. The fourth-order valence-electron chi connectivity index (χ4n) is 3.45. The summed E-state index contributed by atoms with van der Waals surface area (Å²) in [6.45, 7) is 1.42. The number of pyridine rings is 2. The molecule has 2 aromatic heterocycles. The van der Waals surface area contributed by atoms with Crippen LogP contribution in [0, 0.1) is 0 Å². The molecule has 5 nitrogen and oxygen atoms in total. The number of hydrogen-bond donors (Lipinski definition) is 2. The predicted molar refractivity (Wildman–Crippen MR) is 123 cm³/mol. The summed E-state index contributed by atoms with van der Waals surface area (Å²) >= 11 is 0. The number of nitrogens with zero attached hydrogens (tertiary/aromatic N) is 2. The second-order valence-electron chi connectivity index (χ2n) is 7.21. The van der Waals surface area contributed by atoms with Gasteiger partial charge in [-0.3, -0.25) is 4.98 Å². The molecule has 0 atom stereocenters. The van der Waals surface area contributed by atoms with Gasteiger partial charge in [-0.05, 0) is 48.4 Å². The van der Waals surface area contributed by atoms with Gasteiger partial charge < -0.3 is 15.8 Å². The molecule has 4 rings (SSSR count). The summed E-state index contributed by atoms with van der Waals surface area (Å²) in [7, 11) is 1.68. The first-order chi connectivity index (χ1) is 14.8. The van der Waals surface area contributed by atoms with E-state index < -0.39 is 0 Å². The van der Waals surface area contributed by atoms with Crippen molar-refractivity contribution >= 4 is 16.7 Å². The van der Waals surface area contributed by atoms with Crippen LogP contribution in [-0.4, -0.2) is 30.2 Å². The molecule has 2 aromatic carbocycles. The standard InChI is InChI=1S/C25H26N4O/c1-30-22-10-8-18(9-11-22)14-21-16-24-23(25(29-21)27-13-5-12-26)15-20(17-28-24)19-6-3-2-4-7-19/h2-4,6-11,15-17H,5,12-14,26H2,1H3,(H,27,29). The summed E-state index contributed by atoms with van der Waals surface area (Å²) in [4.78, 5) is 9.67. The van der Waals surface area contributed by atoms with Crippen molar-refractivity contribution in [1.82, 2.24) is 9.97 Å². The van der Waals surface area contributed by atoms with Crippen molar-refractivity contribution in [3.8, 4) is 16.9 Å². The third kappa shape index (κ3) is 4.58. The Hall–Kier alpha value is -3.44. The van der Waals surface area contributed by atoms with Crippen molar-refractivity contribution in [2.75, 3.05) is 25.5 Å². The summed E-state index contributed by atoms with van der Waals surface area (Å²) in [5.74, 6) is 1.71. The highest BCUT2D eigenvalue weighted by Crippen LogP contribution is 2.28. The molecule has 0 spiro atoms. The van der Waals surface area contributed by atoms with E-state index in [2.05, 4.69) is 41.7 Å². The molecule has 2 heterocycles. The SMILES string of the molecule is COc1ccc(Cc2cc3ncc(-c4ccccc4)cc3c(NCCCN)n2)cc1. The Morgan fingerprint density at radius 1 is 0.967 bits per heavy atom. The van der Waals surface area contributed by atoms with Crippen LogP contribution in [0.15, 0.2) is 72.9 Å². The number of ether oxygens (including phenoxy) is 1. The lowest BCUT2D eigenvalue weighted by Crippen LogP contribution is -2.10. The highest BCUT2D eigenvalue weighted by molar-refractivity contribution is 5.92. The number of rotatable bonds is 8. The topological polar surface area (TPSA) is 73.1 Å². The summed E-state index contributed by atoms with van der Waals surface area (Å²) in [6.07, 6.45) is 3.55. The van der Waals surface area contributed by atoms with Crippen LogP contribution in [0.1, 0.15) is 17.7 Å². The van der Waals surface area contributed by atoms with Gasteiger partial charge in [0.25, 0.3) is 0 Å². The van der Waals surface area contributed by atoms with E-state index in [0.29, 0.717) is 6.54 Å². The van der Waals surface area contributed by atoms with Gasteiger partial charge in [-0.1, -0.05) is 42.5 Å². The first-order valence-electron chi connectivity index (χ1n) is 10.2. The molecule has 0 radical (unpaired) electrons. The highest BCUT2D eigenvalue weighted by Gasteiger charge is 2.10. The molecule has 4 aromatic rings. The van der Waals surface area contributed by atoms with Gasteiger partial charge in [0.1, 0.15) is 11.6 Å². The van der Waals surface area contributed by atoms with Gasteiger partial charge in [0.15, 0.2) is 0 Å². The Morgan fingerprint density at radius 2 is 1.77 bits per heavy atom. The van der Waals surface area contributed by atoms with Gasteiger partial charge in [0.2, 0.25) is 0 Å². The van der Waals surface area contributed by atoms with Crippen LogP contribution in [0.5, 0.6) is 5.75 Å². The zero-order valence-electron chi connectivity index (χ0n) is 17.1. The number of methoxy groups -OCH3 is 1. The van der Waals surface area contributed by atoms with Gasteiger partial charge in [-0.25, -0.2) is 4.98 Å². The van der Waals surface area contributed by atoms with E-state index in [9.17, 15) is 0 Å². The fraction of sp³-hybridized carbons (Fsp3) is 0.200.